The van der Waals surface area contributed by atoms with E-state index in [1.165, 1.54) is 49.7 Å². The highest BCUT2D eigenvalue weighted by Crippen LogP contribution is 2.19. The van der Waals surface area contributed by atoms with Crippen LogP contribution in [-0.2, 0) is 0 Å². The Morgan fingerprint density at radius 3 is 1.90 bits per heavy atom. The maximum Gasteiger partial charge on any atom is 0.335 e. The Morgan fingerprint density at radius 2 is 1.31 bits per heavy atom. The topological polar surface area (TPSA) is 55.8 Å². The molecule has 0 spiro atoms. The van der Waals surface area contributed by atoms with E-state index in [0.717, 1.165) is 30.9 Å². The molecule has 0 radical (unpaired) electrons. The van der Waals surface area contributed by atoms with Gasteiger partial charge in [-0.05, 0) is 68.1 Å². The fourth-order valence-corrected chi connectivity index (χ4v) is 3.19. The number of carboxylic acid groups (broad SMARTS) is 1. The fourth-order valence-electron chi connectivity index (χ4n) is 3.19. The number of aromatic carboxylic acids is 1. The Hall–Kier alpha value is -2.49. The van der Waals surface area contributed by atoms with Gasteiger partial charge < -0.3 is 14.6 Å². The van der Waals surface area contributed by atoms with Crippen LogP contribution in [0.4, 0.5) is 0 Å². The average Bonchev–Trinajstić information content (AvgIpc) is 2.71. The van der Waals surface area contributed by atoms with E-state index >= 15 is 0 Å². The molecule has 0 fully saturated rings. The van der Waals surface area contributed by atoms with Gasteiger partial charge in [0.05, 0.1) is 18.8 Å². The van der Waals surface area contributed by atoms with Gasteiger partial charge in [0.25, 0.3) is 0 Å². The number of carbonyl (C=O) groups is 1. The first-order chi connectivity index (χ1) is 14.1. The van der Waals surface area contributed by atoms with E-state index in [2.05, 4.69) is 32.0 Å². The number of hydrogen-bond donors (Lipinski definition) is 1. The number of hydrogen-bond acceptors (Lipinski definition) is 3. The van der Waals surface area contributed by atoms with Gasteiger partial charge in [-0.1, -0.05) is 50.7 Å². The van der Waals surface area contributed by atoms with E-state index in [1.54, 1.807) is 24.3 Å². The third-order valence-corrected chi connectivity index (χ3v) is 5.01. The molecule has 2 aromatic rings. The third-order valence-electron chi connectivity index (χ3n) is 5.01. The van der Waals surface area contributed by atoms with E-state index in [1.807, 2.05) is 0 Å². The van der Waals surface area contributed by atoms with Crippen molar-refractivity contribution >= 4 is 5.97 Å². The van der Waals surface area contributed by atoms with E-state index in [4.69, 9.17) is 14.6 Å². The number of carboxylic acids is 1. The molecule has 2 aromatic carbocycles. The summed E-state index contributed by atoms with van der Waals surface area (Å²) in [5.74, 6) is 0.841. The molecular weight excluding hydrogens is 364 g/mol. The van der Waals surface area contributed by atoms with E-state index in [-0.39, 0.29) is 5.56 Å². The molecule has 0 heterocycles. The summed E-state index contributed by atoms with van der Waals surface area (Å²) >= 11 is 0. The molecule has 0 aliphatic carbocycles. The number of unbranched alkanes of at least 4 members (excludes halogenated alkanes) is 7. The molecule has 4 heteroatoms. The van der Waals surface area contributed by atoms with Gasteiger partial charge in [-0.2, -0.15) is 0 Å². The Bertz CT molecular complexity index is 737. The van der Waals surface area contributed by atoms with E-state index in [9.17, 15) is 4.79 Å². The van der Waals surface area contributed by atoms with Crippen LogP contribution in [0.15, 0.2) is 42.5 Å². The van der Waals surface area contributed by atoms with Crippen LogP contribution < -0.4 is 9.47 Å². The lowest BCUT2D eigenvalue weighted by Gasteiger charge is -2.10. The van der Waals surface area contributed by atoms with E-state index < -0.39 is 5.97 Å². The number of aryl methyl sites for hydroxylation is 2. The maximum atomic E-state index is 10.8. The van der Waals surface area contributed by atoms with Crippen LogP contribution in [0.3, 0.4) is 0 Å². The number of benzene rings is 2. The lowest BCUT2D eigenvalue weighted by Crippen LogP contribution is -1.99. The van der Waals surface area contributed by atoms with Crippen molar-refractivity contribution in [3.63, 3.8) is 0 Å². The molecule has 158 valence electrons. The minimum absolute atomic E-state index is 0.286. The van der Waals surface area contributed by atoms with Crippen molar-refractivity contribution in [1.82, 2.24) is 0 Å². The third kappa shape index (κ3) is 9.03. The van der Waals surface area contributed by atoms with Gasteiger partial charge in [0.2, 0.25) is 0 Å². The summed E-state index contributed by atoms with van der Waals surface area (Å²) < 4.78 is 11.6. The van der Waals surface area contributed by atoms with E-state index in [0.29, 0.717) is 6.61 Å². The van der Waals surface area contributed by atoms with Crippen LogP contribution in [0.5, 0.6) is 11.5 Å². The first kappa shape index (κ1) is 22.8. The van der Waals surface area contributed by atoms with Crippen LogP contribution in [0.2, 0.25) is 0 Å². The second-order valence-corrected chi connectivity index (χ2v) is 7.62. The molecule has 0 aromatic heterocycles. The zero-order chi connectivity index (χ0) is 20.9. The second-order valence-electron chi connectivity index (χ2n) is 7.62. The molecular formula is C25H34O4. The van der Waals surface area contributed by atoms with Crippen LogP contribution in [-0.4, -0.2) is 24.3 Å². The maximum absolute atomic E-state index is 10.8. The van der Waals surface area contributed by atoms with Gasteiger partial charge in [0, 0.05) is 0 Å². The summed E-state index contributed by atoms with van der Waals surface area (Å²) in [6.07, 6.45) is 9.59. The second kappa shape index (κ2) is 12.9. The zero-order valence-corrected chi connectivity index (χ0v) is 17.8. The SMILES string of the molecule is Cc1ccc(C)c(OCCCCCCCCCCOc2ccc(C(=O)O)cc2)c1. The highest BCUT2D eigenvalue weighted by Gasteiger charge is 2.02. The molecule has 0 saturated carbocycles. The molecule has 1 N–H and O–H groups in total. The van der Waals surface area contributed by atoms with Crippen molar-refractivity contribution in [3.8, 4) is 11.5 Å². The van der Waals surface area contributed by atoms with Crippen LogP contribution >= 0.6 is 0 Å². The summed E-state index contributed by atoms with van der Waals surface area (Å²) in [5.41, 5.74) is 2.73. The molecule has 0 saturated heterocycles. The largest absolute Gasteiger partial charge is 0.494 e. The molecule has 0 unspecified atom stereocenters. The molecule has 0 amide bonds. The van der Waals surface area contributed by atoms with Crippen LogP contribution in [0.25, 0.3) is 0 Å². The van der Waals surface area contributed by atoms with Crippen molar-refractivity contribution in [2.75, 3.05) is 13.2 Å². The summed E-state index contributed by atoms with van der Waals surface area (Å²) in [6, 6.07) is 12.9. The first-order valence-electron chi connectivity index (χ1n) is 10.7. The number of ether oxygens (including phenoxy) is 2. The average molecular weight is 399 g/mol. The molecule has 0 aliphatic rings. The minimum Gasteiger partial charge on any atom is -0.494 e. The standard InChI is InChI=1S/C25H34O4/c1-20-11-12-21(2)24(19-20)29-18-10-8-6-4-3-5-7-9-17-28-23-15-13-22(14-16-23)25(26)27/h11-16,19H,3-10,17-18H2,1-2H3,(H,26,27). The zero-order valence-electron chi connectivity index (χ0n) is 17.8. The summed E-state index contributed by atoms with van der Waals surface area (Å²) in [7, 11) is 0. The predicted molar refractivity (Wildman–Crippen MR) is 117 cm³/mol. The Balaban J connectivity index is 1.40. The lowest BCUT2D eigenvalue weighted by atomic mass is 10.1. The molecule has 0 aliphatic heterocycles. The van der Waals surface area contributed by atoms with Gasteiger partial charge in [0.1, 0.15) is 11.5 Å². The molecule has 4 nitrogen and oxygen atoms in total. The van der Waals surface area contributed by atoms with Gasteiger partial charge in [-0.15, -0.1) is 0 Å². The van der Waals surface area contributed by atoms with Gasteiger partial charge in [0.15, 0.2) is 0 Å². The Morgan fingerprint density at radius 1 is 0.759 bits per heavy atom. The highest BCUT2D eigenvalue weighted by molar-refractivity contribution is 5.87. The predicted octanol–water partition coefficient (Wildman–Crippen LogP) is 6.58. The monoisotopic (exact) mass is 398 g/mol. The summed E-state index contributed by atoms with van der Waals surface area (Å²) in [5, 5.41) is 8.87. The summed E-state index contributed by atoms with van der Waals surface area (Å²) in [6.45, 7) is 5.67. The van der Waals surface area contributed by atoms with Crippen LogP contribution in [0.1, 0.15) is 72.9 Å². The smallest absolute Gasteiger partial charge is 0.335 e. The Labute approximate surface area is 174 Å². The normalized spacial score (nSPS) is 10.7. The van der Waals surface area contributed by atoms with Crippen molar-refractivity contribution in [3.05, 3.63) is 59.2 Å². The minimum atomic E-state index is -0.912. The van der Waals surface area contributed by atoms with Gasteiger partial charge in [-0.3, -0.25) is 0 Å². The van der Waals surface area contributed by atoms with Crippen LogP contribution in [0, 0.1) is 13.8 Å². The van der Waals surface area contributed by atoms with Crippen molar-refractivity contribution in [1.29, 1.82) is 0 Å². The highest BCUT2D eigenvalue weighted by atomic mass is 16.5. The fraction of sp³-hybridized carbons (Fsp3) is 0.480. The molecule has 29 heavy (non-hydrogen) atoms. The molecule has 0 atom stereocenters. The van der Waals surface area contributed by atoms with Crippen molar-refractivity contribution in [2.24, 2.45) is 0 Å². The lowest BCUT2D eigenvalue weighted by molar-refractivity contribution is 0.0697. The molecule has 0 bridgehead atoms. The summed E-state index contributed by atoms with van der Waals surface area (Å²) in [4.78, 5) is 10.8. The number of rotatable bonds is 14. The van der Waals surface area contributed by atoms with Gasteiger partial charge in [-0.25, -0.2) is 4.79 Å². The molecule has 2 rings (SSSR count). The van der Waals surface area contributed by atoms with Crippen molar-refractivity contribution < 1.29 is 19.4 Å². The van der Waals surface area contributed by atoms with Crippen molar-refractivity contribution in [2.45, 2.75) is 65.2 Å². The van der Waals surface area contributed by atoms with Gasteiger partial charge >= 0.3 is 5.97 Å². The Kier molecular flexibility index (Phi) is 10.1. The first-order valence-corrected chi connectivity index (χ1v) is 10.7. The quantitative estimate of drug-likeness (QED) is 0.365.